The summed E-state index contributed by atoms with van der Waals surface area (Å²) in [7, 11) is 0. The second kappa shape index (κ2) is 4.63. The van der Waals surface area contributed by atoms with Gasteiger partial charge >= 0.3 is 0 Å². The van der Waals surface area contributed by atoms with Crippen LogP contribution in [0.3, 0.4) is 0 Å². The van der Waals surface area contributed by atoms with Crippen LogP contribution in [0.5, 0.6) is 0 Å². The van der Waals surface area contributed by atoms with Crippen molar-refractivity contribution in [3.05, 3.63) is 0 Å². The van der Waals surface area contributed by atoms with Crippen molar-refractivity contribution in [2.75, 3.05) is 13.2 Å². The number of hydrogen-bond donors (Lipinski definition) is 2. The van der Waals surface area contributed by atoms with Crippen LogP contribution in [-0.4, -0.2) is 29.5 Å². The average Bonchev–Trinajstić information content (AvgIpc) is 2.27. The van der Waals surface area contributed by atoms with Crippen molar-refractivity contribution in [2.45, 2.75) is 63.1 Å². The maximum absolute atomic E-state index is 10.6. The third-order valence-corrected chi connectivity index (χ3v) is 4.55. The molecule has 0 aromatic heterocycles. The van der Waals surface area contributed by atoms with Gasteiger partial charge in [-0.2, -0.15) is 0 Å². The highest BCUT2D eigenvalue weighted by Crippen LogP contribution is 2.47. The van der Waals surface area contributed by atoms with Crippen molar-refractivity contribution in [2.24, 2.45) is 11.7 Å². The molecule has 0 radical (unpaired) electrons. The monoisotopic (exact) mass is 227 g/mol. The topological polar surface area (TPSA) is 55.5 Å². The molecule has 3 nitrogen and oxygen atoms in total. The van der Waals surface area contributed by atoms with Gasteiger partial charge in [0.15, 0.2) is 0 Å². The summed E-state index contributed by atoms with van der Waals surface area (Å²) in [4.78, 5) is 0. The lowest BCUT2D eigenvalue weighted by molar-refractivity contribution is -0.174. The van der Waals surface area contributed by atoms with Crippen LogP contribution in [0.1, 0.15) is 51.9 Å². The summed E-state index contributed by atoms with van der Waals surface area (Å²) < 4.78 is 5.90. The van der Waals surface area contributed by atoms with E-state index >= 15 is 0 Å². The van der Waals surface area contributed by atoms with Gasteiger partial charge in [0.25, 0.3) is 0 Å². The van der Waals surface area contributed by atoms with Crippen LogP contribution in [0, 0.1) is 5.92 Å². The molecule has 2 rings (SSSR count). The van der Waals surface area contributed by atoms with Crippen LogP contribution in [-0.2, 0) is 4.74 Å². The van der Waals surface area contributed by atoms with Crippen molar-refractivity contribution >= 4 is 0 Å². The number of nitrogens with two attached hydrogens (primary N) is 1. The summed E-state index contributed by atoms with van der Waals surface area (Å²) in [6.07, 6.45) is 7.44. The molecule has 1 saturated heterocycles. The second-order valence-corrected chi connectivity index (χ2v) is 5.63. The number of hydrogen-bond acceptors (Lipinski definition) is 3. The summed E-state index contributed by atoms with van der Waals surface area (Å²) in [5.41, 5.74) is 5.24. The van der Waals surface area contributed by atoms with E-state index in [0.29, 0.717) is 12.5 Å². The lowest BCUT2D eigenvalue weighted by Crippen LogP contribution is -2.54. The minimum atomic E-state index is -0.652. The van der Waals surface area contributed by atoms with Crippen LogP contribution < -0.4 is 5.73 Å². The quantitative estimate of drug-likeness (QED) is 0.770. The smallest absolute Gasteiger partial charge is 0.0799 e. The third-order valence-electron chi connectivity index (χ3n) is 4.55. The largest absolute Gasteiger partial charge is 0.388 e. The zero-order valence-electron chi connectivity index (χ0n) is 10.4. The van der Waals surface area contributed by atoms with E-state index in [4.69, 9.17) is 10.5 Å². The Hall–Kier alpha value is -0.120. The second-order valence-electron chi connectivity index (χ2n) is 5.63. The summed E-state index contributed by atoms with van der Waals surface area (Å²) in [5, 5.41) is 10.6. The Morgan fingerprint density at radius 1 is 1.50 bits per heavy atom. The standard InChI is InChI=1S/C13H25NO2/c1-2-5-13(15,10-14)11-4-8-16-12(9-11)6-3-7-12/h11,15H,2-10,14H2,1H3. The van der Waals surface area contributed by atoms with E-state index in [0.717, 1.165) is 32.3 Å². The molecule has 2 aliphatic rings. The summed E-state index contributed by atoms with van der Waals surface area (Å²) in [6.45, 7) is 3.30. The molecule has 2 fully saturated rings. The first kappa shape index (κ1) is 12.3. The van der Waals surface area contributed by atoms with E-state index < -0.39 is 5.60 Å². The molecule has 94 valence electrons. The molecule has 1 saturated carbocycles. The Kier molecular flexibility index (Phi) is 3.57. The molecule has 0 amide bonds. The van der Waals surface area contributed by atoms with E-state index in [1.165, 1.54) is 19.3 Å². The van der Waals surface area contributed by atoms with Crippen molar-refractivity contribution < 1.29 is 9.84 Å². The van der Waals surface area contributed by atoms with Gasteiger partial charge in [-0.05, 0) is 44.4 Å². The van der Waals surface area contributed by atoms with Gasteiger partial charge in [0.05, 0.1) is 11.2 Å². The Bertz CT molecular complexity index is 240. The van der Waals surface area contributed by atoms with Gasteiger partial charge in [0.1, 0.15) is 0 Å². The molecule has 1 aliphatic heterocycles. The molecule has 1 heterocycles. The zero-order chi connectivity index (χ0) is 11.6. The normalized spacial score (nSPS) is 32.1. The lowest BCUT2D eigenvalue weighted by atomic mass is 9.67. The van der Waals surface area contributed by atoms with Crippen molar-refractivity contribution in [1.29, 1.82) is 0 Å². The van der Waals surface area contributed by atoms with Crippen molar-refractivity contribution in [1.82, 2.24) is 0 Å². The van der Waals surface area contributed by atoms with Gasteiger partial charge in [-0.15, -0.1) is 0 Å². The SMILES string of the molecule is CCCC(O)(CN)C1CCOC2(CCC2)C1. The molecule has 0 aromatic rings. The van der Waals surface area contributed by atoms with Crippen LogP contribution in [0.4, 0.5) is 0 Å². The van der Waals surface area contributed by atoms with Crippen molar-refractivity contribution in [3.8, 4) is 0 Å². The molecule has 0 aromatic carbocycles. The molecule has 1 aliphatic carbocycles. The first-order chi connectivity index (χ1) is 7.64. The fourth-order valence-electron chi connectivity index (χ4n) is 3.31. The molecule has 0 bridgehead atoms. The average molecular weight is 227 g/mol. The highest BCUT2D eigenvalue weighted by Gasteiger charge is 2.47. The van der Waals surface area contributed by atoms with Crippen molar-refractivity contribution in [3.63, 3.8) is 0 Å². The van der Waals surface area contributed by atoms with E-state index in [1.54, 1.807) is 0 Å². The van der Waals surface area contributed by atoms with Gasteiger partial charge in [-0.3, -0.25) is 0 Å². The number of rotatable bonds is 4. The first-order valence-corrected chi connectivity index (χ1v) is 6.70. The van der Waals surface area contributed by atoms with Crippen LogP contribution >= 0.6 is 0 Å². The zero-order valence-corrected chi connectivity index (χ0v) is 10.4. The molecule has 3 N–H and O–H groups in total. The third kappa shape index (κ3) is 2.13. The van der Waals surface area contributed by atoms with Gasteiger partial charge in [0, 0.05) is 13.2 Å². The molecule has 16 heavy (non-hydrogen) atoms. The van der Waals surface area contributed by atoms with Gasteiger partial charge in [0.2, 0.25) is 0 Å². The van der Waals surface area contributed by atoms with Gasteiger partial charge < -0.3 is 15.6 Å². The molecule has 2 atom stereocenters. The van der Waals surface area contributed by atoms with E-state index in [9.17, 15) is 5.11 Å². The molecular formula is C13H25NO2. The Balaban J connectivity index is 2.01. The summed E-state index contributed by atoms with van der Waals surface area (Å²) in [5.74, 6) is 0.339. The molecule has 2 unspecified atom stereocenters. The van der Waals surface area contributed by atoms with Crippen LogP contribution in [0.25, 0.3) is 0 Å². The molecular weight excluding hydrogens is 202 g/mol. The summed E-state index contributed by atoms with van der Waals surface area (Å²) >= 11 is 0. The molecule has 1 spiro atoms. The highest BCUT2D eigenvalue weighted by atomic mass is 16.5. The first-order valence-electron chi connectivity index (χ1n) is 6.70. The van der Waals surface area contributed by atoms with E-state index in [1.807, 2.05) is 0 Å². The fourth-order valence-corrected chi connectivity index (χ4v) is 3.31. The van der Waals surface area contributed by atoms with E-state index in [-0.39, 0.29) is 5.60 Å². The lowest BCUT2D eigenvalue weighted by Gasteiger charge is -2.50. The van der Waals surface area contributed by atoms with E-state index in [2.05, 4.69) is 6.92 Å². The predicted molar refractivity (Wildman–Crippen MR) is 64.2 cm³/mol. The molecule has 3 heteroatoms. The Morgan fingerprint density at radius 3 is 2.75 bits per heavy atom. The van der Waals surface area contributed by atoms with Crippen LogP contribution in [0.15, 0.2) is 0 Å². The Labute approximate surface area is 98.4 Å². The van der Waals surface area contributed by atoms with Gasteiger partial charge in [-0.25, -0.2) is 0 Å². The maximum atomic E-state index is 10.6. The predicted octanol–water partition coefficient (Wildman–Crippen LogP) is 1.83. The number of aliphatic hydroxyl groups is 1. The van der Waals surface area contributed by atoms with Gasteiger partial charge in [-0.1, -0.05) is 13.3 Å². The minimum absolute atomic E-state index is 0.111. The van der Waals surface area contributed by atoms with Crippen LogP contribution in [0.2, 0.25) is 0 Å². The highest BCUT2D eigenvalue weighted by molar-refractivity contribution is 4.99. The maximum Gasteiger partial charge on any atom is 0.0799 e. The minimum Gasteiger partial charge on any atom is -0.388 e. The Morgan fingerprint density at radius 2 is 2.25 bits per heavy atom. The summed E-state index contributed by atoms with van der Waals surface area (Å²) in [6, 6.07) is 0. The number of ether oxygens (including phenoxy) is 1. The fraction of sp³-hybridized carbons (Fsp3) is 1.00.